The Morgan fingerprint density at radius 2 is 2.05 bits per heavy atom. The van der Waals surface area contributed by atoms with Crippen LogP contribution in [0, 0.1) is 6.92 Å². The summed E-state index contributed by atoms with van der Waals surface area (Å²) in [7, 11) is 0. The number of imide groups is 1. The van der Waals surface area contributed by atoms with Gasteiger partial charge in [0.1, 0.15) is 16.4 Å². The molecular weight excluding hydrogens is 296 g/mol. The minimum atomic E-state index is -1.15. The van der Waals surface area contributed by atoms with E-state index in [0.29, 0.717) is 11.5 Å². The van der Waals surface area contributed by atoms with Crippen molar-refractivity contribution in [2.24, 2.45) is 5.73 Å². The number of amides is 3. The normalized spacial score (nSPS) is 13.8. The molecule has 0 unspecified atom stereocenters. The van der Waals surface area contributed by atoms with Gasteiger partial charge in [-0.1, -0.05) is 11.8 Å². The summed E-state index contributed by atoms with van der Waals surface area (Å²) < 4.78 is 0. The number of carboxylic acid groups (broad SMARTS) is 1. The number of carboxylic acids is 1. The van der Waals surface area contributed by atoms with Gasteiger partial charge in [-0.05, 0) is 19.8 Å². The fourth-order valence-corrected chi connectivity index (χ4v) is 2.63. The summed E-state index contributed by atoms with van der Waals surface area (Å²) in [6.45, 7) is 1.60. The standard InChI is InChI=1S/C12H14N4O4S/c1-5-8(11(18)19)10(16-9(14-5)6-2-3-6)21-4-7(17)15-12(13)20/h6H,2-4H2,1H3,(H,18,19)(H3,13,15,17,20). The van der Waals surface area contributed by atoms with Crippen LogP contribution in [0.1, 0.15) is 40.6 Å². The molecule has 3 amide bonds. The Labute approximate surface area is 124 Å². The highest BCUT2D eigenvalue weighted by molar-refractivity contribution is 8.00. The molecule has 0 bridgehead atoms. The van der Waals surface area contributed by atoms with Crippen LogP contribution in [-0.4, -0.2) is 38.7 Å². The SMILES string of the molecule is Cc1nc(C2CC2)nc(SCC(=O)NC(N)=O)c1C(=O)O. The van der Waals surface area contributed by atoms with E-state index in [2.05, 4.69) is 9.97 Å². The molecule has 8 nitrogen and oxygen atoms in total. The van der Waals surface area contributed by atoms with Crippen LogP contribution in [0.5, 0.6) is 0 Å². The minimum Gasteiger partial charge on any atom is -0.478 e. The minimum absolute atomic E-state index is 0.0173. The number of aryl methyl sites for hydroxylation is 1. The molecule has 9 heteroatoms. The van der Waals surface area contributed by atoms with Crippen molar-refractivity contribution in [3.05, 3.63) is 17.1 Å². The third-order valence-corrected chi connectivity index (χ3v) is 3.81. The average Bonchev–Trinajstić information content (AvgIpc) is 3.18. The van der Waals surface area contributed by atoms with Crippen molar-refractivity contribution in [1.29, 1.82) is 0 Å². The molecule has 1 saturated carbocycles. The highest BCUT2D eigenvalue weighted by atomic mass is 32.2. The summed E-state index contributed by atoms with van der Waals surface area (Å²) in [5.74, 6) is -1.02. The average molecular weight is 310 g/mol. The first-order valence-corrected chi connectivity index (χ1v) is 7.21. The van der Waals surface area contributed by atoms with Gasteiger partial charge in [0.05, 0.1) is 11.4 Å². The number of nitrogens with one attached hydrogen (secondary N) is 1. The Morgan fingerprint density at radius 1 is 1.38 bits per heavy atom. The van der Waals surface area contributed by atoms with Gasteiger partial charge in [-0.15, -0.1) is 0 Å². The maximum atomic E-state index is 11.4. The highest BCUT2D eigenvalue weighted by Gasteiger charge is 2.29. The second-order valence-electron chi connectivity index (χ2n) is 4.63. The molecule has 0 atom stereocenters. The van der Waals surface area contributed by atoms with Gasteiger partial charge in [-0.2, -0.15) is 0 Å². The number of thioether (sulfide) groups is 1. The number of aromatic carboxylic acids is 1. The molecule has 21 heavy (non-hydrogen) atoms. The second kappa shape index (κ2) is 6.08. The van der Waals surface area contributed by atoms with Crippen molar-refractivity contribution < 1.29 is 19.5 Å². The Bertz CT molecular complexity index is 616. The van der Waals surface area contributed by atoms with Crippen LogP contribution in [0.2, 0.25) is 0 Å². The zero-order valence-electron chi connectivity index (χ0n) is 11.3. The van der Waals surface area contributed by atoms with Gasteiger partial charge in [-0.3, -0.25) is 10.1 Å². The Balaban J connectivity index is 2.21. The number of rotatable bonds is 5. The van der Waals surface area contributed by atoms with Crippen LogP contribution in [0.4, 0.5) is 4.79 Å². The van der Waals surface area contributed by atoms with Gasteiger partial charge in [0, 0.05) is 5.92 Å². The molecule has 0 saturated heterocycles. The van der Waals surface area contributed by atoms with E-state index in [9.17, 15) is 19.5 Å². The van der Waals surface area contributed by atoms with Crippen molar-refractivity contribution >= 4 is 29.7 Å². The Morgan fingerprint density at radius 3 is 2.57 bits per heavy atom. The molecule has 0 spiro atoms. The van der Waals surface area contributed by atoms with Crippen LogP contribution >= 0.6 is 11.8 Å². The fraction of sp³-hybridized carbons (Fsp3) is 0.417. The lowest BCUT2D eigenvalue weighted by molar-refractivity contribution is -0.117. The van der Waals surface area contributed by atoms with E-state index in [1.165, 1.54) is 0 Å². The lowest BCUT2D eigenvalue weighted by Gasteiger charge is -2.09. The van der Waals surface area contributed by atoms with Crippen LogP contribution in [-0.2, 0) is 4.79 Å². The number of urea groups is 1. The highest BCUT2D eigenvalue weighted by Crippen LogP contribution is 2.39. The van der Waals surface area contributed by atoms with Gasteiger partial charge in [-0.25, -0.2) is 19.6 Å². The number of aromatic nitrogens is 2. The molecule has 4 N–H and O–H groups in total. The molecule has 0 radical (unpaired) electrons. The fourth-order valence-electron chi connectivity index (χ4n) is 1.75. The molecule has 1 heterocycles. The molecule has 0 aliphatic heterocycles. The zero-order chi connectivity index (χ0) is 15.6. The molecule has 1 fully saturated rings. The predicted octanol–water partition coefficient (Wildman–Crippen LogP) is 0.648. The third-order valence-electron chi connectivity index (χ3n) is 2.83. The van der Waals surface area contributed by atoms with Gasteiger partial charge >= 0.3 is 12.0 Å². The van der Waals surface area contributed by atoms with E-state index >= 15 is 0 Å². The van der Waals surface area contributed by atoms with Crippen LogP contribution in [0.25, 0.3) is 0 Å². The van der Waals surface area contributed by atoms with E-state index < -0.39 is 17.9 Å². The van der Waals surface area contributed by atoms with Crippen molar-refractivity contribution in [3.63, 3.8) is 0 Å². The number of carbonyl (C=O) groups is 3. The Hall–Kier alpha value is -2.16. The van der Waals surface area contributed by atoms with E-state index in [1.54, 1.807) is 6.92 Å². The van der Waals surface area contributed by atoms with Gasteiger partial charge in [0.25, 0.3) is 0 Å². The summed E-state index contributed by atoms with van der Waals surface area (Å²) >= 11 is 0.947. The molecule has 1 aromatic rings. The van der Waals surface area contributed by atoms with E-state index in [0.717, 1.165) is 24.6 Å². The van der Waals surface area contributed by atoms with Crippen molar-refractivity contribution in [2.75, 3.05) is 5.75 Å². The summed E-state index contributed by atoms with van der Waals surface area (Å²) in [4.78, 5) is 41.7. The summed E-state index contributed by atoms with van der Waals surface area (Å²) in [6, 6.07) is -0.948. The quantitative estimate of drug-likeness (QED) is 0.536. The lowest BCUT2D eigenvalue weighted by Crippen LogP contribution is -2.36. The van der Waals surface area contributed by atoms with Crippen LogP contribution in [0.3, 0.4) is 0 Å². The third kappa shape index (κ3) is 3.91. The zero-order valence-corrected chi connectivity index (χ0v) is 12.1. The van der Waals surface area contributed by atoms with E-state index in [-0.39, 0.29) is 22.3 Å². The molecule has 112 valence electrons. The topological polar surface area (TPSA) is 135 Å². The first-order chi connectivity index (χ1) is 9.88. The van der Waals surface area contributed by atoms with Crippen molar-refractivity contribution in [3.8, 4) is 0 Å². The first-order valence-electron chi connectivity index (χ1n) is 6.22. The van der Waals surface area contributed by atoms with Crippen molar-refractivity contribution in [2.45, 2.75) is 30.7 Å². The monoisotopic (exact) mass is 310 g/mol. The molecule has 1 aliphatic rings. The molecular formula is C12H14N4O4S. The van der Waals surface area contributed by atoms with Gasteiger partial charge in [0.2, 0.25) is 5.91 Å². The molecule has 1 aromatic heterocycles. The number of hydrogen-bond donors (Lipinski definition) is 3. The summed E-state index contributed by atoms with van der Waals surface area (Å²) in [5.41, 5.74) is 5.19. The second-order valence-corrected chi connectivity index (χ2v) is 5.59. The van der Waals surface area contributed by atoms with E-state index in [4.69, 9.17) is 5.73 Å². The maximum Gasteiger partial charge on any atom is 0.340 e. The first kappa shape index (κ1) is 15.2. The van der Waals surface area contributed by atoms with Crippen LogP contribution < -0.4 is 11.1 Å². The van der Waals surface area contributed by atoms with Crippen LogP contribution in [0.15, 0.2) is 5.03 Å². The number of nitrogens with zero attached hydrogens (tertiary/aromatic N) is 2. The summed E-state index contributed by atoms with van der Waals surface area (Å²) in [5, 5.41) is 11.4. The van der Waals surface area contributed by atoms with Gasteiger partial charge in [0.15, 0.2) is 0 Å². The largest absolute Gasteiger partial charge is 0.478 e. The molecule has 2 rings (SSSR count). The Kier molecular flexibility index (Phi) is 4.41. The van der Waals surface area contributed by atoms with Gasteiger partial charge < -0.3 is 10.8 Å². The smallest absolute Gasteiger partial charge is 0.340 e. The number of primary amides is 1. The molecule has 1 aliphatic carbocycles. The predicted molar refractivity (Wildman–Crippen MR) is 74.2 cm³/mol. The number of hydrogen-bond acceptors (Lipinski definition) is 6. The van der Waals surface area contributed by atoms with Crippen molar-refractivity contribution in [1.82, 2.24) is 15.3 Å². The van der Waals surface area contributed by atoms with E-state index in [1.807, 2.05) is 5.32 Å². The summed E-state index contributed by atoms with van der Waals surface area (Å²) in [6.07, 6.45) is 1.97. The lowest BCUT2D eigenvalue weighted by atomic mass is 10.2. The molecule has 0 aromatic carbocycles. The number of nitrogens with two attached hydrogens (primary N) is 1. The maximum absolute atomic E-state index is 11.4. The number of carbonyl (C=O) groups excluding carboxylic acids is 2.